The van der Waals surface area contributed by atoms with Gasteiger partial charge in [0.05, 0.1) is 20.3 Å². The Kier molecular flexibility index (Phi) is 5.69. The molecule has 0 saturated heterocycles. The monoisotopic (exact) mass is 273 g/mol. The van der Waals surface area contributed by atoms with Gasteiger partial charge in [0.25, 0.3) is 0 Å². The zero-order valence-electron chi connectivity index (χ0n) is 10.9. The molecule has 1 rings (SSSR count). The summed E-state index contributed by atoms with van der Waals surface area (Å²) in [7, 11) is 1.55. The molecule has 0 fully saturated rings. The zero-order valence-corrected chi connectivity index (χ0v) is 10.9. The van der Waals surface area contributed by atoms with Gasteiger partial charge in [0.1, 0.15) is 5.75 Å². The Morgan fingerprint density at radius 3 is 2.47 bits per heavy atom. The normalized spacial score (nSPS) is 11.2. The molecule has 1 N–H and O–H groups in total. The van der Waals surface area contributed by atoms with Crippen LogP contribution in [0.1, 0.15) is 12.5 Å². The van der Waals surface area contributed by atoms with Gasteiger partial charge in [-0.3, -0.25) is 0 Å². The van der Waals surface area contributed by atoms with Crippen LogP contribution in [-0.4, -0.2) is 32.2 Å². The first-order valence-electron chi connectivity index (χ1n) is 5.88. The molecule has 0 unspecified atom stereocenters. The van der Waals surface area contributed by atoms with Crippen molar-refractivity contribution in [2.75, 3.05) is 20.3 Å². The lowest BCUT2D eigenvalue weighted by molar-refractivity contribution is -0.170. The lowest BCUT2D eigenvalue weighted by Crippen LogP contribution is -2.40. The minimum Gasteiger partial charge on any atom is -0.497 e. The van der Waals surface area contributed by atoms with Crippen LogP contribution < -0.4 is 10.1 Å². The Morgan fingerprint density at radius 1 is 1.32 bits per heavy atom. The van der Waals surface area contributed by atoms with E-state index in [4.69, 9.17) is 4.74 Å². The van der Waals surface area contributed by atoms with Crippen LogP contribution in [0.25, 0.3) is 0 Å². The van der Waals surface area contributed by atoms with E-state index in [-0.39, 0.29) is 13.2 Å². The van der Waals surface area contributed by atoms with E-state index in [0.717, 1.165) is 5.56 Å². The Hall–Kier alpha value is -1.69. The number of ether oxygens (including phenoxy) is 2. The molecular weight excluding hydrogens is 256 g/mol. The topological polar surface area (TPSA) is 47.6 Å². The first-order chi connectivity index (χ1) is 8.99. The average molecular weight is 273 g/mol. The maximum absolute atomic E-state index is 13.3. The number of rotatable bonds is 7. The van der Waals surface area contributed by atoms with Gasteiger partial charge in [-0.1, -0.05) is 12.1 Å². The predicted molar refractivity (Wildman–Crippen MR) is 66.3 cm³/mol. The summed E-state index contributed by atoms with van der Waals surface area (Å²) in [6.07, 6.45) is 0. The van der Waals surface area contributed by atoms with Gasteiger partial charge in [-0.05, 0) is 24.6 Å². The molecule has 0 heterocycles. The molecular formula is C13H17F2NO3. The van der Waals surface area contributed by atoms with Crippen LogP contribution in [0.15, 0.2) is 24.3 Å². The van der Waals surface area contributed by atoms with Crippen molar-refractivity contribution in [1.29, 1.82) is 0 Å². The van der Waals surface area contributed by atoms with Gasteiger partial charge in [-0.15, -0.1) is 0 Å². The van der Waals surface area contributed by atoms with Gasteiger partial charge >= 0.3 is 11.9 Å². The third-order valence-corrected chi connectivity index (χ3v) is 2.41. The van der Waals surface area contributed by atoms with E-state index in [9.17, 15) is 13.6 Å². The second-order valence-electron chi connectivity index (χ2n) is 3.88. The van der Waals surface area contributed by atoms with Gasteiger partial charge in [0.15, 0.2) is 0 Å². The lowest BCUT2D eigenvalue weighted by Gasteiger charge is -2.15. The number of halogens is 2. The maximum Gasteiger partial charge on any atom is 0.378 e. The zero-order chi connectivity index (χ0) is 14.3. The number of hydrogen-bond acceptors (Lipinski definition) is 4. The Morgan fingerprint density at radius 2 is 1.95 bits per heavy atom. The summed E-state index contributed by atoms with van der Waals surface area (Å²) in [6, 6.07) is 6.99. The van der Waals surface area contributed by atoms with Crippen molar-refractivity contribution < 1.29 is 23.0 Å². The smallest absolute Gasteiger partial charge is 0.378 e. The van der Waals surface area contributed by atoms with Gasteiger partial charge in [0.2, 0.25) is 0 Å². The van der Waals surface area contributed by atoms with Crippen LogP contribution in [0.5, 0.6) is 5.75 Å². The van der Waals surface area contributed by atoms with Gasteiger partial charge < -0.3 is 14.8 Å². The molecule has 19 heavy (non-hydrogen) atoms. The Bertz CT molecular complexity index is 407. The van der Waals surface area contributed by atoms with Crippen molar-refractivity contribution >= 4 is 5.97 Å². The van der Waals surface area contributed by atoms with Crippen molar-refractivity contribution in [2.45, 2.75) is 19.4 Å². The van der Waals surface area contributed by atoms with Crippen molar-refractivity contribution in [2.24, 2.45) is 0 Å². The summed E-state index contributed by atoms with van der Waals surface area (Å²) in [5.74, 6) is -4.32. The van der Waals surface area contributed by atoms with Crippen LogP contribution >= 0.6 is 0 Å². The van der Waals surface area contributed by atoms with E-state index >= 15 is 0 Å². The Labute approximate surface area is 110 Å². The lowest BCUT2D eigenvalue weighted by atomic mass is 10.2. The van der Waals surface area contributed by atoms with Crippen LogP contribution in [-0.2, 0) is 16.1 Å². The summed E-state index contributed by atoms with van der Waals surface area (Å²) in [6.45, 7) is 0.905. The van der Waals surface area contributed by atoms with Crippen LogP contribution in [0, 0.1) is 0 Å². The van der Waals surface area contributed by atoms with Crippen molar-refractivity contribution in [3.8, 4) is 5.75 Å². The second kappa shape index (κ2) is 7.04. The summed E-state index contributed by atoms with van der Waals surface area (Å²) >= 11 is 0. The number of alkyl halides is 2. The number of hydrogen-bond donors (Lipinski definition) is 1. The molecule has 4 nitrogen and oxygen atoms in total. The predicted octanol–water partition coefficient (Wildman–Crippen LogP) is 1.98. The summed E-state index contributed by atoms with van der Waals surface area (Å²) in [5.41, 5.74) is 0.820. The summed E-state index contributed by atoms with van der Waals surface area (Å²) in [4.78, 5) is 11.0. The maximum atomic E-state index is 13.3. The number of esters is 1. The van der Waals surface area contributed by atoms with E-state index in [2.05, 4.69) is 10.1 Å². The second-order valence-corrected chi connectivity index (χ2v) is 3.88. The minimum atomic E-state index is -3.51. The van der Waals surface area contributed by atoms with Crippen molar-refractivity contribution in [3.05, 3.63) is 29.8 Å². The first-order valence-corrected chi connectivity index (χ1v) is 5.88. The van der Waals surface area contributed by atoms with Gasteiger partial charge in [-0.25, -0.2) is 4.79 Å². The fourth-order valence-corrected chi connectivity index (χ4v) is 1.42. The van der Waals surface area contributed by atoms with Crippen LogP contribution in [0.2, 0.25) is 0 Å². The highest BCUT2D eigenvalue weighted by atomic mass is 19.3. The van der Waals surface area contributed by atoms with E-state index in [1.54, 1.807) is 31.4 Å². The molecule has 0 aromatic heterocycles. The van der Waals surface area contributed by atoms with Gasteiger partial charge in [0, 0.05) is 6.54 Å². The number of benzene rings is 1. The minimum absolute atomic E-state index is 0.0626. The number of nitrogens with one attached hydrogen (secondary N) is 1. The SMILES string of the molecule is CCOC(=O)C(F)(F)CNCc1ccc(OC)cc1. The van der Waals surface area contributed by atoms with Gasteiger partial charge in [-0.2, -0.15) is 8.78 Å². The molecule has 6 heteroatoms. The highest BCUT2D eigenvalue weighted by molar-refractivity contribution is 5.77. The molecule has 0 radical (unpaired) electrons. The fraction of sp³-hybridized carbons (Fsp3) is 0.462. The molecule has 0 aliphatic carbocycles. The van der Waals surface area contributed by atoms with Crippen LogP contribution in [0.4, 0.5) is 8.78 Å². The molecule has 1 aromatic carbocycles. The highest BCUT2D eigenvalue weighted by Gasteiger charge is 2.39. The number of methoxy groups -OCH3 is 1. The van der Waals surface area contributed by atoms with E-state index in [1.165, 1.54) is 6.92 Å². The summed E-state index contributed by atoms with van der Waals surface area (Å²) in [5, 5.41) is 2.53. The Balaban J connectivity index is 2.42. The number of carbonyl (C=O) groups is 1. The molecule has 0 aliphatic heterocycles. The molecule has 0 spiro atoms. The highest BCUT2D eigenvalue weighted by Crippen LogP contribution is 2.15. The third-order valence-electron chi connectivity index (χ3n) is 2.41. The molecule has 0 amide bonds. The van der Waals surface area contributed by atoms with E-state index in [0.29, 0.717) is 5.75 Å². The molecule has 0 aliphatic rings. The van der Waals surface area contributed by atoms with Crippen molar-refractivity contribution in [3.63, 3.8) is 0 Å². The molecule has 0 atom stereocenters. The molecule has 0 bridgehead atoms. The quantitative estimate of drug-likeness (QED) is 0.772. The molecule has 106 valence electrons. The largest absolute Gasteiger partial charge is 0.497 e. The van der Waals surface area contributed by atoms with Crippen LogP contribution in [0.3, 0.4) is 0 Å². The average Bonchev–Trinajstić information content (AvgIpc) is 2.39. The summed E-state index contributed by atoms with van der Waals surface area (Å²) < 4.78 is 35.8. The standard InChI is InChI=1S/C13H17F2NO3/c1-3-19-12(17)13(14,15)9-16-8-10-4-6-11(18-2)7-5-10/h4-7,16H,3,8-9H2,1-2H3. The fourth-order valence-electron chi connectivity index (χ4n) is 1.42. The van der Waals surface area contributed by atoms with E-state index < -0.39 is 18.4 Å². The number of carbonyl (C=O) groups excluding carboxylic acids is 1. The van der Waals surface area contributed by atoms with E-state index in [1.807, 2.05) is 0 Å². The molecule has 0 saturated carbocycles. The first kappa shape index (κ1) is 15.4. The third kappa shape index (κ3) is 4.82. The van der Waals surface area contributed by atoms with Crippen molar-refractivity contribution in [1.82, 2.24) is 5.32 Å². The molecule has 1 aromatic rings.